The van der Waals surface area contributed by atoms with E-state index in [2.05, 4.69) is 15.0 Å². The quantitative estimate of drug-likeness (QED) is 0.796. The standard InChI is InChI=1S/C8H12N2O2S/c1-3-6-4-9-8(13-6)10-7(11)5-12-2/h4H,3,5H2,1-2H3,(H,9,10,11). The number of amides is 1. The molecule has 0 spiro atoms. The molecule has 0 fully saturated rings. The van der Waals surface area contributed by atoms with E-state index in [-0.39, 0.29) is 12.5 Å². The molecule has 0 saturated carbocycles. The second kappa shape index (κ2) is 4.94. The molecular formula is C8H12N2O2S. The van der Waals surface area contributed by atoms with Crippen molar-refractivity contribution in [3.05, 3.63) is 11.1 Å². The van der Waals surface area contributed by atoms with E-state index in [0.717, 1.165) is 11.3 Å². The first-order valence-corrected chi connectivity index (χ1v) is 4.81. The molecule has 72 valence electrons. The Morgan fingerprint density at radius 1 is 1.77 bits per heavy atom. The number of aryl methyl sites for hydroxylation is 1. The Bertz CT molecular complexity index is 285. The summed E-state index contributed by atoms with van der Waals surface area (Å²) >= 11 is 1.49. The van der Waals surface area contributed by atoms with Crippen molar-refractivity contribution < 1.29 is 9.53 Å². The molecule has 0 aliphatic carbocycles. The number of rotatable bonds is 4. The van der Waals surface area contributed by atoms with Crippen molar-refractivity contribution >= 4 is 22.4 Å². The van der Waals surface area contributed by atoms with E-state index in [1.54, 1.807) is 6.20 Å². The molecule has 0 aromatic carbocycles. The average molecular weight is 200 g/mol. The van der Waals surface area contributed by atoms with E-state index in [1.807, 2.05) is 6.92 Å². The monoisotopic (exact) mass is 200 g/mol. The number of ether oxygens (including phenoxy) is 1. The van der Waals surface area contributed by atoms with Crippen molar-refractivity contribution in [3.8, 4) is 0 Å². The number of nitrogens with zero attached hydrogens (tertiary/aromatic N) is 1. The molecular weight excluding hydrogens is 188 g/mol. The van der Waals surface area contributed by atoms with Crippen LogP contribution in [0.1, 0.15) is 11.8 Å². The minimum atomic E-state index is -0.167. The van der Waals surface area contributed by atoms with Gasteiger partial charge < -0.3 is 4.74 Å². The summed E-state index contributed by atoms with van der Waals surface area (Å²) in [4.78, 5) is 16.2. The van der Waals surface area contributed by atoms with Gasteiger partial charge >= 0.3 is 0 Å². The Balaban J connectivity index is 2.49. The summed E-state index contributed by atoms with van der Waals surface area (Å²) in [6.45, 7) is 2.12. The third-order valence-electron chi connectivity index (χ3n) is 1.42. The van der Waals surface area contributed by atoms with Crippen LogP contribution in [-0.4, -0.2) is 24.6 Å². The molecule has 0 aliphatic heterocycles. The molecule has 1 amide bonds. The molecule has 1 heterocycles. The van der Waals surface area contributed by atoms with Crippen LogP contribution in [0.3, 0.4) is 0 Å². The average Bonchev–Trinajstić information content (AvgIpc) is 2.52. The van der Waals surface area contributed by atoms with Crippen LogP contribution in [-0.2, 0) is 16.0 Å². The van der Waals surface area contributed by atoms with Gasteiger partial charge in [0.1, 0.15) is 6.61 Å². The summed E-state index contributed by atoms with van der Waals surface area (Å²) in [6.07, 6.45) is 2.71. The normalized spacial score (nSPS) is 10.0. The smallest absolute Gasteiger partial charge is 0.252 e. The van der Waals surface area contributed by atoms with Crippen LogP contribution in [0, 0.1) is 0 Å². The van der Waals surface area contributed by atoms with Gasteiger partial charge in [-0.05, 0) is 6.42 Å². The zero-order chi connectivity index (χ0) is 9.68. The minimum absolute atomic E-state index is 0.0705. The van der Waals surface area contributed by atoms with Gasteiger partial charge in [0.05, 0.1) is 0 Å². The fourth-order valence-electron chi connectivity index (χ4n) is 0.815. The van der Waals surface area contributed by atoms with Crippen molar-refractivity contribution in [2.24, 2.45) is 0 Å². The lowest BCUT2D eigenvalue weighted by atomic mass is 10.4. The van der Waals surface area contributed by atoms with E-state index in [1.165, 1.54) is 18.4 Å². The second-order valence-corrected chi connectivity index (χ2v) is 3.58. The molecule has 0 aliphatic rings. The van der Waals surface area contributed by atoms with Crippen LogP contribution in [0.4, 0.5) is 5.13 Å². The summed E-state index contributed by atoms with van der Waals surface area (Å²) < 4.78 is 4.67. The van der Waals surface area contributed by atoms with Gasteiger partial charge in [0.2, 0.25) is 0 Å². The highest BCUT2D eigenvalue weighted by molar-refractivity contribution is 7.15. The SMILES string of the molecule is CCc1cnc(NC(=O)COC)s1. The zero-order valence-corrected chi connectivity index (χ0v) is 8.48. The summed E-state index contributed by atoms with van der Waals surface area (Å²) in [5.41, 5.74) is 0. The van der Waals surface area contributed by atoms with Gasteiger partial charge in [0, 0.05) is 18.2 Å². The van der Waals surface area contributed by atoms with Gasteiger partial charge in [-0.15, -0.1) is 11.3 Å². The van der Waals surface area contributed by atoms with Crippen molar-refractivity contribution in [1.82, 2.24) is 4.98 Å². The second-order valence-electron chi connectivity index (χ2n) is 2.47. The first-order chi connectivity index (χ1) is 6.26. The van der Waals surface area contributed by atoms with Crippen LogP contribution in [0.25, 0.3) is 0 Å². The van der Waals surface area contributed by atoms with E-state index in [0.29, 0.717) is 5.13 Å². The molecule has 1 aromatic heterocycles. The van der Waals surface area contributed by atoms with Gasteiger partial charge in [0.25, 0.3) is 5.91 Å². The lowest BCUT2D eigenvalue weighted by molar-refractivity contribution is -0.119. The first kappa shape index (κ1) is 10.1. The predicted octanol–water partition coefficient (Wildman–Crippen LogP) is 1.29. The van der Waals surface area contributed by atoms with Crippen molar-refractivity contribution in [3.63, 3.8) is 0 Å². The maximum atomic E-state index is 11.0. The highest BCUT2D eigenvalue weighted by Gasteiger charge is 2.04. The number of methoxy groups -OCH3 is 1. The number of carbonyl (C=O) groups is 1. The van der Waals surface area contributed by atoms with Gasteiger partial charge in [-0.2, -0.15) is 0 Å². The number of nitrogens with one attached hydrogen (secondary N) is 1. The molecule has 4 nitrogen and oxygen atoms in total. The molecule has 13 heavy (non-hydrogen) atoms. The maximum absolute atomic E-state index is 11.0. The number of hydrogen-bond donors (Lipinski definition) is 1. The fourth-order valence-corrected chi connectivity index (χ4v) is 1.58. The highest BCUT2D eigenvalue weighted by Crippen LogP contribution is 2.17. The molecule has 0 radical (unpaired) electrons. The minimum Gasteiger partial charge on any atom is -0.375 e. The van der Waals surface area contributed by atoms with Gasteiger partial charge in [0.15, 0.2) is 5.13 Å². The van der Waals surface area contributed by atoms with Crippen LogP contribution >= 0.6 is 11.3 Å². The number of carbonyl (C=O) groups excluding carboxylic acids is 1. The van der Waals surface area contributed by atoms with Crippen molar-refractivity contribution in [2.45, 2.75) is 13.3 Å². The van der Waals surface area contributed by atoms with Crippen molar-refractivity contribution in [1.29, 1.82) is 0 Å². The van der Waals surface area contributed by atoms with Gasteiger partial charge in [-0.1, -0.05) is 6.92 Å². The number of aromatic nitrogens is 1. The molecule has 0 atom stereocenters. The third-order valence-corrected chi connectivity index (χ3v) is 2.48. The van der Waals surface area contributed by atoms with Crippen LogP contribution in [0.5, 0.6) is 0 Å². The first-order valence-electron chi connectivity index (χ1n) is 3.99. The zero-order valence-electron chi connectivity index (χ0n) is 7.66. The topological polar surface area (TPSA) is 51.2 Å². The Kier molecular flexibility index (Phi) is 3.85. The van der Waals surface area contributed by atoms with Crippen LogP contribution in [0.15, 0.2) is 6.20 Å². The fraction of sp³-hybridized carbons (Fsp3) is 0.500. The third kappa shape index (κ3) is 3.12. The molecule has 1 aromatic rings. The van der Waals surface area contributed by atoms with Gasteiger partial charge in [-0.3, -0.25) is 10.1 Å². The summed E-state index contributed by atoms with van der Waals surface area (Å²) in [5, 5.41) is 3.28. The Hall–Kier alpha value is -0.940. The Morgan fingerprint density at radius 2 is 2.54 bits per heavy atom. The molecule has 1 N–H and O–H groups in total. The van der Waals surface area contributed by atoms with E-state index >= 15 is 0 Å². The largest absolute Gasteiger partial charge is 0.375 e. The highest BCUT2D eigenvalue weighted by atomic mass is 32.1. The summed E-state index contributed by atoms with van der Waals surface area (Å²) in [6, 6.07) is 0. The number of thiazole rings is 1. The number of anilines is 1. The predicted molar refractivity (Wildman–Crippen MR) is 52.0 cm³/mol. The van der Waals surface area contributed by atoms with E-state index in [9.17, 15) is 4.79 Å². The van der Waals surface area contributed by atoms with Gasteiger partial charge in [-0.25, -0.2) is 4.98 Å². The molecule has 5 heteroatoms. The molecule has 0 saturated heterocycles. The maximum Gasteiger partial charge on any atom is 0.252 e. The van der Waals surface area contributed by atoms with Crippen molar-refractivity contribution in [2.75, 3.05) is 19.0 Å². The van der Waals surface area contributed by atoms with Crippen LogP contribution in [0.2, 0.25) is 0 Å². The lowest BCUT2D eigenvalue weighted by Crippen LogP contribution is -2.16. The Morgan fingerprint density at radius 3 is 3.08 bits per heavy atom. The van der Waals surface area contributed by atoms with Crippen LogP contribution < -0.4 is 5.32 Å². The summed E-state index contributed by atoms with van der Waals surface area (Å²) in [5.74, 6) is -0.167. The molecule has 0 bridgehead atoms. The van der Waals surface area contributed by atoms with E-state index < -0.39 is 0 Å². The summed E-state index contributed by atoms with van der Waals surface area (Å²) in [7, 11) is 1.49. The molecule has 1 rings (SSSR count). The lowest BCUT2D eigenvalue weighted by Gasteiger charge is -1.98. The number of hydrogen-bond acceptors (Lipinski definition) is 4. The van der Waals surface area contributed by atoms with E-state index in [4.69, 9.17) is 0 Å². The Labute approximate surface area is 80.9 Å². The molecule has 0 unspecified atom stereocenters.